The summed E-state index contributed by atoms with van der Waals surface area (Å²) in [5.74, 6) is 0.520. The van der Waals surface area contributed by atoms with E-state index in [1.54, 1.807) is 49.6 Å². The number of para-hydroxylation sites is 2. The largest absolute Gasteiger partial charge is 0.493 e. The zero-order chi connectivity index (χ0) is 21.5. The Morgan fingerprint density at radius 1 is 1.00 bits per heavy atom. The van der Waals surface area contributed by atoms with Crippen molar-refractivity contribution < 1.29 is 19.1 Å². The number of rotatable bonds is 7. The molecule has 0 radical (unpaired) electrons. The number of carbonyl (C=O) groups excluding carboxylic acids is 1. The van der Waals surface area contributed by atoms with Crippen molar-refractivity contribution in [2.24, 2.45) is 10.9 Å². The van der Waals surface area contributed by atoms with Crippen LogP contribution in [0.25, 0.3) is 0 Å². The fourth-order valence-electron chi connectivity index (χ4n) is 2.58. The zero-order valence-electron chi connectivity index (χ0n) is 16.0. The minimum absolute atomic E-state index is 0.0410. The van der Waals surface area contributed by atoms with Gasteiger partial charge in [-0.1, -0.05) is 52.6 Å². The van der Waals surface area contributed by atoms with Gasteiger partial charge in [-0.25, -0.2) is 4.79 Å². The van der Waals surface area contributed by atoms with Crippen molar-refractivity contribution >= 4 is 35.0 Å². The fraction of sp³-hybridized carbons (Fsp3) is 0.0909. The lowest BCUT2D eigenvalue weighted by molar-refractivity contribution is 0.0516. The molecule has 0 bridgehead atoms. The van der Waals surface area contributed by atoms with E-state index >= 15 is 0 Å². The topological polar surface area (TPSA) is 83.1 Å². The van der Waals surface area contributed by atoms with Crippen LogP contribution in [0, 0.1) is 0 Å². The highest BCUT2D eigenvalue weighted by atomic mass is 35.5. The van der Waals surface area contributed by atoms with E-state index in [0.717, 1.165) is 5.56 Å². The molecule has 3 aromatic carbocycles. The van der Waals surface area contributed by atoms with E-state index in [-0.39, 0.29) is 12.4 Å². The average molecular weight is 445 g/mol. The normalized spacial score (nSPS) is 11.1. The second kappa shape index (κ2) is 10.0. The van der Waals surface area contributed by atoms with Gasteiger partial charge in [0.05, 0.1) is 17.7 Å². The molecule has 0 saturated carbocycles. The smallest absolute Gasteiger partial charge is 0.365 e. The number of hydrogen-bond acceptors (Lipinski definition) is 5. The molecule has 0 aliphatic heterocycles. The number of methoxy groups -OCH3 is 1. The first-order valence-electron chi connectivity index (χ1n) is 8.83. The Balaban J connectivity index is 1.67. The van der Waals surface area contributed by atoms with Crippen molar-refractivity contribution in [2.45, 2.75) is 6.61 Å². The number of oxime groups is 1. The summed E-state index contributed by atoms with van der Waals surface area (Å²) in [5.41, 5.74) is 7.34. The van der Waals surface area contributed by atoms with Crippen LogP contribution in [0.15, 0.2) is 71.9 Å². The molecule has 0 heterocycles. The van der Waals surface area contributed by atoms with Crippen LogP contribution in [-0.2, 0) is 11.4 Å². The molecule has 0 aliphatic rings. The van der Waals surface area contributed by atoms with Crippen molar-refractivity contribution in [1.82, 2.24) is 0 Å². The second-order valence-corrected chi connectivity index (χ2v) is 6.96. The maximum Gasteiger partial charge on any atom is 0.365 e. The molecule has 0 saturated heterocycles. The number of nitrogens with zero attached hydrogens (tertiary/aromatic N) is 1. The summed E-state index contributed by atoms with van der Waals surface area (Å²) in [4.78, 5) is 17.3. The van der Waals surface area contributed by atoms with E-state index in [1.807, 2.05) is 18.2 Å². The molecule has 3 rings (SSSR count). The second-order valence-electron chi connectivity index (χ2n) is 6.12. The summed E-state index contributed by atoms with van der Waals surface area (Å²) < 4.78 is 11.0. The fourth-order valence-corrected chi connectivity index (χ4v) is 3.08. The first-order chi connectivity index (χ1) is 14.5. The van der Waals surface area contributed by atoms with Gasteiger partial charge in [0, 0.05) is 10.6 Å². The van der Waals surface area contributed by atoms with E-state index < -0.39 is 5.97 Å². The molecule has 30 heavy (non-hydrogen) atoms. The zero-order valence-corrected chi connectivity index (χ0v) is 17.5. The quantitative estimate of drug-likeness (QED) is 0.238. The number of benzene rings is 3. The van der Waals surface area contributed by atoms with Crippen LogP contribution in [0.5, 0.6) is 11.5 Å². The van der Waals surface area contributed by atoms with Gasteiger partial charge < -0.3 is 20.0 Å². The lowest BCUT2D eigenvalue weighted by Crippen LogP contribution is -2.16. The van der Waals surface area contributed by atoms with E-state index in [4.69, 9.17) is 43.2 Å². The third-order valence-corrected chi connectivity index (χ3v) is 4.61. The van der Waals surface area contributed by atoms with Crippen LogP contribution < -0.4 is 15.2 Å². The number of nitrogens with two attached hydrogens (primary N) is 1. The number of halogens is 2. The minimum atomic E-state index is -0.665. The Labute approximate surface area is 183 Å². The summed E-state index contributed by atoms with van der Waals surface area (Å²) in [5, 5.41) is 4.44. The van der Waals surface area contributed by atoms with Gasteiger partial charge >= 0.3 is 5.97 Å². The Morgan fingerprint density at radius 2 is 1.77 bits per heavy atom. The van der Waals surface area contributed by atoms with Crippen LogP contribution in [0.3, 0.4) is 0 Å². The lowest BCUT2D eigenvalue weighted by atomic mass is 10.1. The van der Waals surface area contributed by atoms with Crippen molar-refractivity contribution in [3.05, 3.63) is 93.5 Å². The molecule has 2 N–H and O–H groups in total. The SMILES string of the molecule is COc1ccccc1OCc1cccc(C(=O)O/N=C(\N)c2ccc(Cl)cc2Cl)c1. The van der Waals surface area contributed by atoms with Crippen molar-refractivity contribution in [3.63, 3.8) is 0 Å². The minimum Gasteiger partial charge on any atom is -0.493 e. The highest BCUT2D eigenvalue weighted by Crippen LogP contribution is 2.26. The standard InChI is InChI=1S/C22H18Cl2N2O4/c1-28-19-7-2-3-8-20(19)29-13-14-5-4-6-15(11-14)22(27)30-26-21(25)17-10-9-16(23)12-18(17)24/h2-12H,13H2,1H3,(H2,25,26). The molecule has 3 aromatic rings. The van der Waals surface area contributed by atoms with E-state index in [1.165, 1.54) is 6.07 Å². The first-order valence-corrected chi connectivity index (χ1v) is 9.58. The van der Waals surface area contributed by atoms with E-state index in [9.17, 15) is 4.79 Å². The molecular formula is C22H18Cl2N2O4. The number of carbonyl (C=O) groups is 1. The Bertz CT molecular complexity index is 1090. The molecule has 0 aromatic heterocycles. The molecule has 6 nitrogen and oxygen atoms in total. The monoisotopic (exact) mass is 444 g/mol. The van der Waals surface area contributed by atoms with Crippen LogP contribution in [0.4, 0.5) is 0 Å². The predicted octanol–water partition coefficient (Wildman–Crippen LogP) is 5.06. The molecule has 8 heteroatoms. The summed E-state index contributed by atoms with van der Waals surface area (Å²) in [6.45, 7) is 0.243. The van der Waals surface area contributed by atoms with Crippen molar-refractivity contribution in [3.8, 4) is 11.5 Å². The van der Waals surface area contributed by atoms with Crippen molar-refractivity contribution in [1.29, 1.82) is 0 Å². The van der Waals surface area contributed by atoms with Crippen LogP contribution in [-0.4, -0.2) is 18.9 Å². The number of ether oxygens (including phenoxy) is 2. The lowest BCUT2D eigenvalue weighted by Gasteiger charge is -2.10. The highest BCUT2D eigenvalue weighted by Gasteiger charge is 2.11. The Kier molecular flexibility index (Phi) is 7.17. The average Bonchev–Trinajstić information content (AvgIpc) is 2.76. The molecule has 0 atom stereocenters. The van der Waals surface area contributed by atoms with Crippen LogP contribution >= 0.6 is 23.2 Å². The van der Waals surface area contributed by atoms with Gasteiger partial charge in [-0.15, -0.1) is 0 Å². The summed E-state index contributed by atoms with van der Waals surface area (Å²) in [7, 11) is 1.57. The van der Waals surface area contributed by atoms with Gasteiger partial charge in [0.2, 0.25) is 0 Å². The third-order valence-electron chi connectivity index (χ3n) is 4.06. The van der Waals surface area contributed by atoms with Gasteiger partial charge in [0.15, 0.2) is 17.3 Å². The molecule has 154 valence electrons. The molecule has 0 spiro atoms. The Morgan fingerprint density at radius 3 is 2.50 bits per heavy atom. The van der Waals surface area contributed by atoms with E-state index in [2.05, 4.69) is 5.16 Å². The van der Waals surface area contributed by atoms with Crippen molar-refractivity contribution in [2.75, 3.05) is 7.11 Å². The summed E-state index contributed by atoms with van der Waals surface area (Å²) in [6, 6.07) is 18.8. The van der Waals surface area contributed by atoms with Gasteiger partial charge in [0.1, 0.15) is 6.61 Å². The van der Waals surface area contributed by atoms with Crippen LogP contribution in [0.2, 0.25) is 10.0 Å². The molecule has 0 unspecified atom stereocenters. The Hall–Kier alpha value is -3.22. The van der Waals surface area contributed by atoms with Crippen LogP contribution in [0.1, 0.15) is 21.5 Å². The molecule has 0 aliphatic carbocycles. The van der Waals surface area contributed by atoms with Gasteiger partial charge in [0.25, 0.3) is 0 Å². The highest BCUT2D eigenvalue weighted by molar-refractivity contribution is 6.36. The van der Waals surface area contributed by atoms with Gasteiger partial charge in [-0.05, 0) is 48.0 Å². The number of amidine groups is 1. The summed E-state index contributed by atoms with van der Waals surface area (Å²) in [6.07, 6.45) is 0. The maximum atomic E-state index is 12.3. The predicted molar refractivity (Wildman–Crippen MR) is 116 cm³/mol. The van der Waals surface area contributed by atoms with Gasteiger partial charge in [-0.3, -0.25) is 0 Å². The summed E-state index contributed by atoms with van der Waals surface area (Å²) >= 11 is 11.9. The van der Waals surface area contributed by atoms with E-state index in [0.29, 0.717) is 32.7 Å². The maximum absolute atomic E-state index is 12.3. The molecule has 0 fully saturated rings. The molecular weight excluding hydrogens is 427 g/mol. The number of hydrogen-bond donors (Lipinski definition) is 1. The first kappa shape index (κ1) is 21.5. The molecule has 0 amide bonds. The third kappa shape index (κ3) is 5.43. The van der Waals surface area contributed by atoms with Gasteiger partial charge in [-0.2, -0.15) is 0 Å².